The number of hydrogen-bond donors (Lipinski definition) is 0. The lowest BCUT2D eigenvalue weighted by Gasteiger charge is -2.08. The van der Waals surface area contributed by atoms with Gasteiger partial charge in [0.1, 0.15) is 11.4 Å². The Labute approximate surface area is 95.2 Å². The summed E-state index contributed by atoms with van der Waals surface area (Å²) in [7, 11) is 0. The molecule has 0 bridgehead atoms. The van der Waals surface area contributed by atoms with Gasteiger partial charge in [-0.1, -0.05) is 0 Å². The number of ether oxygens (including phenoxy) is 1. The summed E-state index contributed by atoms with van der Waals surface area (Å²) in [6.07, 6.45) is -0.538. The van der Waals surface area contributed by atoms with Crippen molar-refractivity contribution in [3.05, 3.63) is 39.4 Å². The van der Waals surface area contributed by atoms with E-state index < -0.39 is 39.9 Å². The second kappa shape index (κ2) is 4.86. The van der Waals surface area contributed by atoms with Crippen LogP contribution >= 0.6 is 0 Å². The first-order valence-electron chi connectivity index (χ1n) is 4.67. The van der Waals surface area contributed by atoms with Gasteiger partial charge in [0.05, 0.1) is 17.1 Å². The fourth-order valence-corrected chi connectivity index (χ4v) is 1.13. The van der Waals surface area contributed by atoms with Crippen LogP contribution in [0.1, 0.15) is 24.2 Å². The Morgan fingerprint density at radius 3 is 2.47 bits per heavy atom. The number of benzene rings is 1. The van der Waals surface area contributed by atoms with Crippen molar-refractivity contribution in [1.82, 2.24) is 0 Å². The van der Waals surface area contributed by atoms with Gasteiger partial charge in [-0.05, 0) is 19.9 Å². The minimum absolute atomic E-state index is 0.404. The molecule has 17 heavy (non-hydrogen) atoms. The van der Waals surface area contributed by atoms with E-state index in [0.717, 1.165) is 0 Å². The zero-order valence-electron chi connectivity index (χ0n) is 9.07. The van der Waals surface area contributed by atoms with Crippen molar-refractivity contribution in [3.8, 4) is 0 Å². The summed E-state index contributed by atoms with van der Waals surface area (Å²) in [5.41, 5.74) is -1.88. The van der Waals surface area contributed by atoms with Crippen molar-refractivity contribution in [3.63, 3.8) is 0 Å². The van der Waals surface area contributed by atoms with Crippen LogP contribution in [0.3, 0.4) is 0 Å². The maximum Gasteiger partial charge on any atom is 0.341 e. The third-order valence-electron chi connectivity index (χ3n) is 1.78. The summed E-state index contributed by atoms with van der Waals surface area (Å²) in [5.74, 6) is -3.61. The van der Waals surface area contributed by atoms with E-state index in [1.807, 2.05) is 0 Å². The average molecular weight is 245 g/mol. The summed E-state index contributed by atoms with van der Waals surface area (Å²) < 4.78 is 31.1. The van der Waals surface area contributed by atoms with Gasteiger partial charge in [0, 0.05) is 0 Å². The minimum atomic E-state index is -1.40. The van der Waals surface area contributed by atoms with Crippen LogP contribution in [-0.2, 0) is 4.74 Å². The van der Waals surface area contributed by atoms with Gasteiger partial charge in [0.2, 0.25) is 5.82 Å². The molecule has 0 saturated carbocycles. The molecule has 0 aliphatic rings. The standard InChI is InChI=1S/C10H9F2NO4/c1-5(2)17-10(14)7-3-6(11)4-8(9(7)12)13(15)16/h3-5H,1-2H3. The smallest absolute Gasteiger partial charge is 0.341 e. The van der Waals surface area contributed by atoms with E-state index in [9.17, 15) is 23.7 Å². The molecule has 1 aromatic carbocycles. The highest BCUT2D eigenvalue weighted by Crippen LogP contribution is 2.23. The molecule has 0 aromatic heterocycles. The Morgan fingerprint density at radius 2 is 2.00 bits per heavy atom. The van der Waals surface area contributed by atoms with Crippen LogP contribution in [0.2, 0.25) is 0 Å². The molecule has 1 aromatic rings. The number of halogens is 2. The SMILES string of the molecule is CC(C)OC(=O)c1cc(F)cc([N+](=O)[O-])c1F. The molecule has 0 spiro atoms. The number of hydrogen-bond acceptors (Lipinski definition) is 4. The van der Waals surface area contributed by atoms with Gasteiger partial charge >= 0.3 is 11.7 Å². The Morgan fingerprint density at radius 1 is 1.41 bits per heavy atom. The summed E-state index contributed by atoms with van der Waals surface area (Å²) >= 11 is 0. The molecule has 1 rings (SSSR count). The highest BCUT2D eigenvalue weighted by atomic mass is 19.1. The van der Waals surface area contributed by atoms with Crippen molar-refractivity contribution in [2.75, 3.05) is 0 Å². The zero-order valence-corrected chi connectivity index (χ0v) is 9.07. The van der Waals surface area contributed by atoms with Gasteiger partial charge in [-0.2, -0.15) is 4.39 Å². The molecule has 0 saturated heterocycles. The van der Waals surface area contributed by atoms with Crippen LogP contribution in [0.5, 0.6) is 0 Å². The molecule has 0 heterocycles. The molecule has 0 aliphatic heterocycles. The zero-order chi connectivity index (χ0) is 13.2. The average Bonchev–Trinajstić information content (AvgIpc) is 2.19. The van der Waals surface area contributed by atoms with Crippen LogP contribution in [0.25, 0.3) is 0 Å². The van der Waals surface area contributed by atoms with E-state index in [0.29, 0.717) is 12.1 Å². The van der Waals surface area contributed by atoms with Crippen LogP contribution in [0.4, 0.5) is 14.5 Å². The van der Waals surface area contributed by atoms with Gasteiger partial charge in [-0.3, -0.25) is 10.1 Å². The predicted molar refractivity (Wildman–Crippen MR) is 53.6 cm³/mol. The Hall–Kier alpha value is -2.05. The topological polar surface area (TPSA) is 69.4 Å². The van der Waals surface area contributed by atoms with E-state index in [-0.39, 0.29) is 0 Å². The second-order valence-corrected chi connectivity index (χ2v) is 3.50. The molecule has 0 fully saturated rings. The monoisotopic (exact) mass is 245 g/mol. The molecule has 0 aliphatic carbocycles. The fraction of sp³-hybridized carbons (Fsp3) is 0.300. The molecular formula is C10H9F2NO4. The van der Waals surface area contributed by atoms with E-state index in [1.54, 1.807) is 0 Å². The van der Waals surface area contributed by atoms with Crippen molar-refractivity contribution < 1.29 is 23.2 Å². The number of nitro benzene ring substituents is 1. The lowest BCUT2D eigenvalue weighted by atomic mass is 10.2. The molecule has 92 valence electrons. The van der Waals surface area contributed by atoms with E-state index >= 15 is 0 Å². The maximum atomic E-state index is 13.5. The highest BCUT2D eigenvalue weighted by Gasteiger charge is 2.25. The van der Waals surface area contributed by atoms with E-state index in [2.05, 4.69) is 4.74 Å². The first kappa shape index (κ1) is 13.0. The third-order valence-corrected chi connectivity index (χ3v) is 1.78. The lowest BCUT2D eigenvalue weighted by Crippen LogP contribution is -2.14. The molecule has 0 amide bonds. The maximum absolute atomic E-state index is 13.5. The first-order chi connectivity index (χ1) is 7.82. The van der Waals surface area contributed by atoms with Crippen LogP contribution < -0.4 is 0 Å². The van der Waals surface area contributed by atoms with Crippen molar-refractivity contribution in [2.24, 2.45) is 0 Å². The quantitative estimate of drug-likeness (QED) is 0.466. The molecule has 5 nitrogen and oxygen atoms in total. The van der Waals surface area contributed by atoms with Crippen molar-refractivity contribution in [2.45, 2.75) is 20.0 Å². The van der Waals surface area contributed by atoms with Gasteiger partial charge in [0.15, 0.2) is 0 Å². The molecule has 0 radical (unpaired) electrons. The highest BCUT2D eigenvalue weighted by molar-refractivity contribution is 5.90. The number of carbonyl (C=O) groups excluding carboxylic acids is 1. The van der Waals surface area contributed by atoms with Gasteiger partial charge in [-0.15, -0.1) is 0 Å². The summed E-state index contributed by atoms with van der Waals surface area (Å²) in [5, 5.41) is 10.4. The van der Waals surface area contributed by atoms with E-state index in [4.69, 9.17) is 0 Å². The molecular weight excluding hydrogens is 236 g/mol. The van der Waals surface area contributed by atoms with Gasteiger partial charge in [-0.25, -0.2) is 9.18 Å². The first-order valence-corrected chi connectivity index (χ1v) is 4.67. The molecule has 0 atom stereocenters. The number of carbonyl (C=O) groups is 1. The molecule has 7 heteroatoms. The van der Waals surface area contributed by atoms with Crippen molar-refractivity contribution in [1.29, 1.82) is 0 Å². The lowest BCUT2D eigenvalue weighted by molar-refractivity contribution is -0.387. The van der Waals surface area contributed by atoms with Gasteiger partial charge < -0.3 is 4.74 Å². The van der Waals surface area contributed by atoms with E-state index in [1.165, 1.54) is 13.8 Å². The molecule has 0 unspecified atom stereocenters. The fourth-order valence-electron chi connectivity index (χ4n) is 1.13. The number of nitrogens with zero attached hydrogens (tertiary/aromatic N) is 1. The number of esters is 1. The Balaban J connectivity index is 3.25. The third kappa shape index (κ3) is 2.96. The van der Waals surface area contributed by atoms with Crippen molar-refractivity contribution >= 4 is 11.7 Å². The number of rotatable bonds is 3. The molecule has 0 N–H and O–H groups in total. The summed E-state index contributed by atoms with van der Waals surface area (Å²) in [6, 6.07) is 0.967. The minimum Gasteiger partial charge on any atom is -0.459 e. The normalized spacial score (nSPS) is 10.4. The Kier molecular flexibility index (Phi) is 3.72. The number of nitro groups is 1. The Bertz CT molecular complexity index is 474. The predicted octanol–water partition coefficient (Wildman–Crippen LogP) is 2.44. The van der Waals surface area contributed by atoms with Gasteiger partial charge in [0.25, 0.3) is 0 Å². The van der Waals surface area contributed by atoms with Crippen LogP contribution in [-0.4, -0.2) is 17.0 Å². The second-order valence-electron chi connectivity index (χ2n) is 3.50. The van der Waals surface area contributed by atoms with Crippen LogP contribution in [0.15, 0.2) is 12.1 Å². The van der Waals surface area contributed by atoms with Crippen LogP contribution in [0, 0.1) is 21.7 Å². The largest absolute Gasteiger partial charge is 0.459 e. The summed E-state index contributed by atoms with van der Waals surface area (Å²) in [6.45, 7) is 3.03. The summed E-state index contributed by atoms with van der Waals surface area (Å²) in [4.78, 5) is 20.7.